The molecule has 0 unspecified atom stereocenters. The summed E-state index contributed by atoms with van der Waals surface area (Å²) in [4.78, 5) is 12.6. The van der Waals surface area contributed by atoms with Crippen molar-refractivity contribution in [2.24, 2.45) is 0 Å². The number of nitrogens with one attached hydrogen (secondary N) is 1. The van der Waals surface area contributed by atoms with E-state index in [1.807, 2.05) is 36.4 Å². The lowest BCUT2D eigenvalue weighted by molar-refractivity contribution is 0.102. The van der Waals surface area contributed by atoms with Crippen molar-refractivity contribution in [3.8, 4) is 5.75 Å². The molecule has 0 saturated heterocycles. The number of hydrogen-bond donors (Lipinski definition) is 1. The van der Waals surface area contributed by atoms with E-state index in [1.165, 1.54) is 0 Å². The van der Waals surface area contributed by atoms with E-state index in [0.29, 0.717) is 45.4 Å². The molecule has 162 valence electrons. The second-order valence-corrected chi connectivity index (χ2v) is 8.26. The van der Waals surface area contributed by atoms with Crippen LogP contribution in [0.15, 0.2) is 79.0 Å². The molecule has 0 spiro atoms. The topological polar surface area (TPSA) is 56.2 Å². The third kappa shape index (κ3) is 5.62. The van der Waals surface area contributed by atoms with Gasteiger partial charge in [-0.2, -0.15) is 5.10 Å². The highest BCUT2D eigenvalue weighted by Crippen LogP contribution is 2.28. The van der Waals surface area contributed by atoms with Gasteiger partial charge in [-0.3, -0.25) is 9.48 Å². The molecule has 1 N–H and O–H groups in total. The minimum absolute atomic E-state index is 0.249. The Labute approximate surface area is 200 Å². The highest BCUT2D eigenvalue weighted by molar-refractivity contribution is 6.35. The molecule has 0 saturated carbocycles. The molecule has 8 heteroatoms. The van der Waals surface area contributed by atoms with E-state index >= 15 is 0 Å². The maximum atomic E-state index is 12.6. The Kier molecular flexibility index (Phi) is 7.00. The molecular weight excluding hydrogens is 469 g/mol. The Morgan fingerprint density at radius 3 is 2.47 bits per heavy atom. The van der Waals surface area contributed by atoms with Crippen molar-refractivity contribution in [3.63, 3.8) is 0 Å². The molecule has 1 heterocycles. The fourth-order valence-electron chi connectivity index (χ4n) is 3.01. The summed E-state index contributed by atoms with van der Waals surface area (Å²) in [6.45, 7) is 0.831. The summed E-state index contributed by atoms with van der Waals surface area (Å²) in [6, 6.07) is 21.5. The van der Waals surface area contributed by atoms with Crippen LogP contribution in [0.2, 0.25) is 15.1 Å². The molecule has 0 aliphatic carbocycles. The standard InChI is InChI=1S/C24H18Cl3N3O2/c25-19-9-10-22(21(27)13-19)32-15-16-5-7-17(8-6-16)24(31)28-23-11-12-30(29-23)14-18-3-1-2-4-20(18)26/h1-13H,14-15H2,(H,28,29,31). The summed E-state index contributed by atoms with van der Waals surface area (Å²) in [7, 11) is 0. The monoisotopic (exact) mass is 485 g/mol. The lowest BCUT2D eigenvalue weighted by Crippen LogP contribution is -2.13. The zero-order valence-electron chi connectivity index (χ0n) is 16.8. The second kappa shape index (κ2) is 10.1. The average Bonchev–Trinajstić information content (AvgIpc) is 3.22. The first-order valence-corrected chi connectivity index (χ1v) is 10.9. The van der Waals surface area contributed by atoms with Gasteiger partial charge in [-0.25, -0.2) is 0 Å². The number of benzene rings is 3. The quantitative estimate of drug-likeness (QED) is 0.315. The van der Waals surface area contributed by atoms with Crippen LogP contribution in [0.3, 0.4) is 0 Å². The number of anilines is 1. The molecule has 0 aliphatic rings. The number of rotatable bonds is 7. The van der Waals surface area contributed by atoms with Gasteiger partial charge in [-0.15, -0.1) is 0 Å². The van der Waals surface area contributed by atoms with Gasteiger partial charge in [0.05, 0.1) is 11.6 Å². The molecule has 0 atom stereocenters. The third-order valence-corrected chi connectivity index (χ3v) is 5.58. The number of halogens is 3. The van der Waals surface area contributed by atoms with Crippen LogP contribution >= 0.6 is 34.8 Å². The molecule has 3 aromatic carbocycles. The van der Waals surface area contributed by atoms with Crippen LogP contribution in [0.4, 0.5) is 5.82 Å². The predicted octanol–water partition coefficient (Wildman–Crippen LogP) is 6.72. The Morgan fingerprint density at radius 1 is 0.938 bits per heavy atom. The number of nitrogens with zero attached hydrogens (tertiary/aromatic N) is 2. The van der Waals surface area contributed by atoms with Crippen LogP contribution in [0.5, 0.6) is 5.75 Å². The molecule has 5 nitrogen and oxygen atoms in total. The molecule has 0 fully saturated rings. The van der Waals surface area contributed by atoms with E-state index in [9.17, 15) is 4.79 Å². The average molecular weight is 487 g/mol. The number of amides is 1. The first kappa shape index (κ1) is 22.2. The number of hydrogen-bond acceptors (Lipinski definition) is 3. The summed E-state index contributed by atoms with van der Waals surface area (Å²) in [5.41, 5.74) is 2.36. The second-order valence-electron chi connectivity index (χ2n) is 7.00. The molecule has 1 aromatic heterocycles. The van der Waals surface area contributed by atoms with Gasteiger partial charge in [0.2, 0.25) is 0 Å². The van der Waals surface area contributed by atoms with E-state index in [0.717, 1.165) is 11.1 Å². The third-order valence-electron chi connectivity index (χ3n) is 4.68. The van der Waals surface area contributed by atoms with Gasteiger partial charge in [-0.05, 0) is 47.5 Å². The van der Waals surface area contributed by atoms with Gasteiger partial charge in [-0.1, -0.05) is 65.1 Å². The summed E-state index contributed by atoms with van der Waals surface area (Å²) >= 11 is 18.2. The van der Waals surface area contributed by atoms with E-state index in [4.69, 9.17) is 39.5 Å². The SMILES string of the molecule is O=C(Nc1ccn(Cc2ccccc2Cl)n1)c1ccc(COc2ccc(Cl)cc2Cl)cc1. The highest BCUT2D eigenvalue weighted by Gasteiger charge is 2.10. The maximum Gasteiger partial charge on any atom is 0.256 e. The van der Waals surface area contributed by atoms with Crippen LogP contribution in [0.1, 0.15) is 21.5 Å². The first-order valence-electron chi connectivity index (χ1n) is 9.73. The molecular formula is C24H18Cl3N3O2. The predicted molar refractivity (Wildman–Crippen MR) is 128 cm³/mol. The van der Waals surface area contributed by atoms with Crippen molar-refractivity contribution in [2.45, 2.75) is 13.2 Å². The number of carbonyl (C=O) groups is 1. The molecule has 4 aromatic rings. The van der Waals surface area contributed by atoms with Crippen molar-refractivity contribution >= 4 is 46.5 Å². The van der Waals surface area contributed by atoms with Crippen LogP contribution in [0, 0.1) is 0 Å². The Morgan fingerprint density at radius 2 is 1.72 bits per heavy atom. The molecule has 0 aliphatic heterocycles. The van der Waals surface area contributed by atoms with E-state index < -0.39 is 0 Å². The van der Waals surface area contributed by atoms with E-state index in [2.05, 4.69) is 10.4 Å². The number of ether oxygens (including phenoxy) is 1. The van der Waals surface area contributed by atoms with Crippen molar-refractivity contribution in [2.75, 3.05) is 5.32 Å². The minimum atomic E-state index is -0.249. The van der Waals surface area contributed by atoms with Crippen LogP contribution in [0.25, 0.3) is 0 Å². The minimum Gasteiger partial charge on any atom is -0.487 e. The van der Waals surface area contributed by atoms with Crippen molar-refractivity contribution in [1.29, 1.82) is 0 Å². The van der Waals surface area contributed by atoms with Gasteiger partial charge < -0.3 is 10.1 Å². The molecule has 0 radical (unpaired) electrons. The lowest BCUT2D eigenvalue weighted by atomic mass is 10.1. The van der Waals surface area contributed by atoms with Crippen LogP contribution in [-0.4, -0.2) is 15.7 Å². The Balaban J connectivity index is 1.34. The fourth-order valence-corrected chi connectivity index (χ4v) is 3.67. The smallest absolute Gasteiger partial charge is 0.256 e. The Hall–Kier alpha value is -2.99. The normalized spacial score (nSPS) is 10.7. The molecule has 0 bridgehead atoms. The lowest BCUT2D eigenvalue weighted by Gasteiger charge is -2.09. The summed E-state index contributed by atoms with van der Waals surface area (Å²) < 4.78 is 7.44. The van der Waals surface area contributed by atoms with Crippen molar-refractivity contribution in [1.82, 2.24) is 9.78 Å². The fraction of sp³-hybridized carbons (Fsp3) is 0.0833. The zero-order chi connectivity index (χ0) is 22.5. The van der Waals surface area contributed by atoms with Gasteiger partial charge in [0.1, 0.15) is 12.4 Å². The summed E-state index contributed by atoms with van der Waals surface area (Å²) in [5.74, 6) is 0.762. The molecule has 4 rings (SSSR count). The maximum absolute atomic E-state index is 12.6. The van der Waals surface area contributed by atoms with Gasteiger partial charge in [0, 0.05) is 27.9 Å². The van der Waals surface area contributed by atoms with Crippen molar-refractivity contribution < 1.29 is 9.53 Å². The Bertz CT molecular complexity index is 1240. The zero-order valence-corrected chi connectivity index (χ0v) is 19.0. The number of carbonyl (C=O) groups excluding carboxylic acids is 1. The van der Waals surface area contributed by atoms with Gasteiger partial charge in [0.25, 0.3) is 5.91 Å². The molecule has 32 heavy (non-hydrogen) atoms. The summed E-state index contributed by atoms with van der Waals surface area (Å²) in [6.07, 6.45) is 1.79. The highest BCUT2D eigenvalue weighted by atomic mass is 35.5. The largest absolute Gasteiger partial charge is 0.487 e. The van der Waals surface area contributed by atoms with Gasteiger partial charge in [0.15, 0.2) is 5.82 Å². The first-order chi connectivity index (χ1) is 15.5. The van der Waals surface area contributed by atoms with Crippen molar-refractivity contribution in [3.05, 3.63) is 111 Å². The van der Waals surface area contributed by atoms with Crippen LogP contribution < -0.4 is 10.1 Å². The van der Waals surface area contributed by atoms with Crippen LogP contribution in [-0.2, 0) is 13.2 Å². The van der Waals surface area contributed by atoms with E-state index in [1.54, 1.807) is 47.3 Å². The summed E-state index contributed by atoms with van der Waals surface area (Å²) in [5, 5.41) is 8.87. The molecule has 1 amide bonds. The van der Waals surface area contributed by atoms with Gasteiger partial charge >= 0.3 is 0 Å². The number of aromatic nitrogens is 2. The van der Waals surface area contributed by atoms with E-state index in [-0.39, 0.29) is 5.91 Å².